The monoisotopic (exact) mass is 597 g/mol. The second kappa shape index (κ2) is 13.1. The number of carboxylic acid groups (broad SMARTS) is 1. The second-order valence-corrected chi connectivity index (χ2v) is 13.8. The second-order valence-electron chi connectivity index (χ2n) is 11.5. The van der Waals surface area contributed by atoms with Crippen molar-refractivity contribution < 1.29 is 27.9 Å². The molecule has 1 saturated carbocycles. The Kier molecular flexibility index (Phi) is 9.30. The van der Waals surface area contributed by atoms with E-state index >= 15 is 0 Å². The maximum Gasteiger partial charge on any atom is 0.308 e. The van der Waals surface area contributed by atoms with Crippen LogP contribution in [-0.2, 0) is 19.4 Å². The Morgan fingerprint density at radius 3 is 2.69 bits per heavy atom. The topological polar surface area (TPSA) is 144 Å². The number of fused-ring (bicyclic) bond motifs is 1. The Bertz CT molecular complexity index is 1520. The summed E-state index contributed by atoms with van der Waals surface area (Å²) in [5.41, 5.74) is 0.925. The van der Waals surface area contributed by atoms with E-state index in [0.29, 0.717) is 56.6 Å². The summed E-state index contributed by atoms with van der Waals surface area (Å²) in [6.45, 7) is 1.30. The molecule has 226 valence electrons. The number of piperidine rings is 1. The van der Waals surface area contributed by atoms with Gasteiger partial charge in [0.2, 0.25) is 11.9 Å². The van der Waals surface area contributed by atoms with E-state index in [-0.39, 0.29) is 17.7 Å². The molecule has 1 amide bonds. The fraction of sp³-hybridized carbons (Fsp3) is 0.533. The number of likely N-dealkylation sites (tertiary alicyclic amines) is 1. The highest BCUT2D eigenvalue weighted by atomic mass is 32.2. The number of nitrogens with zero attached hydrogens (tertiary/aromatic N) is 4. The summed E-state index contributed by atoms with van der Waals surface area (Å²) in [4.78, 5) is 35.1. The zero-order valence-electron chi connectivity index (χ0n) is 23.9. The van der Waals surface area contributed by atoms with Crippen LogP contribution in [0, 0.1) is 11.8 Å². The number of aromatic nitrogens is 3. The van der Waals surface area contributed by atoms with Crippen molar-refractivity contribution >= 4 is 38.6 Å². The van der Waals surface area contributed by atoms with E-state index in [9.17, 15) is 23.1 Å². The van der Waals surface area contributed by atoms with Gasteiger partial charge < -0.3 is 24.6 Å². The Morgan fingerprint density at radius 2 is 1.93 bits per heavy atom. The summed E-state index contributed by atoms with van der Waals surface area (Å²) < 4.78 is 30.7. The van der Waals surface area contributed by atoms with Crippen molar-refractivity contribution in [2.45, 2.75) is 57.4 Å². The maximum absolute atomic E-state index is 12.8. The van der Waals surface area contributed by atoms with Crippen LogP contribution in [-0.4, -0.2) is 82.6 Å². The number of nitrogens with one attached hydrogen (secondary N) is 1. The third kappa shape index (κ3) is 7.58. The Hall–Kier alpha value is -3.67. The predicted molar refractivity (Wildman–Crippen MR) is 160 cm³/mol. The SMILES string of the molecule is CS(=O)(=O)CCCOc1cccc2c1ccn2-c1ccnc(NC2CCC(CC(=O)N3CCCC(C(=O)O)C3)CC2)n1. The van der Waals surface area contributed by atoms with Gasteiger partial charge in [0.1, 0.15) is 21.4 Å². The van der Waals surface area contributed by atoms with Gasteiger partial charge in [0.25, 0.3) is 0 Å². The smallest absolute Gasteiger partial charge is 0.308 e. The minimum atomic E-state index is -3.02. The highest BCUT2D eigenvalue weighted by molar-refractivity contribution is 7.90. The Morgan fingerprint density at radius 1 is 1.12 bits per heavy atom. The largest absolute Gasteiger partial charge is 0.493 e. The number of aliphatic carboxylic acids is 1. The maximum atomic E-state index is 12.8. The van der Waals surface area contributed by atoms with E-state index in [2.05, 4.69) is 10.3 Å². The van der Waals surface area contributed by atoms with Crippen LogP contribution in [0.4, 0.5) is 5.95 Å². The van der Waals surface area contributed by atoms with Crippen LogP contribution in [0.5, 0.6) is 5.75 Å². The van der Waals surface area contributed by atoms with Gasteiger partial charge in [-0.1, -0.05) is 6.07 Å². The van der Waals surface area contributed by atoms with Crippen molar-refractivity contribution in [3.05, 3.63) is 42.7 Å². The number of carbonyl (C=O) groups excluding carboxylic acids is 1. The molecule has 1 saturated heterocycles. The molecule has 0 radical (unpaired) electrons. The summed E-state index contributed by atoms with van der Waals surface area (Å²) in [6, 6.07) is 9.80. The molecular weight excluding hydrogens is 558 g/mol. The first-order valence-electron chi connectivity index (χ1n) is 14.7. The van der Waals surface area contributed by atoms with E-state index in [0.717, 1.165) is 48.8 Å². The predicted octanol–water partition coefficient (Wildman–Crippen LogP) is 3.92. The number of hydrogen-bond acceptors (Lipinski definition) is 8. The molecule has 5 rings (SSSR count). The molecule has 1 atom stereocenters. The fourth-order valence-electron chi connectivity index (χ4n) is 6.00. The fourth-order valence-corrected chi connectivity index (χ4v) is 6.64. The molecule has 3 heterocycles. The van der Waals surface area contributed by atoms with Gasteiger partial charge in [-0.15, -0.1) is 0 Å². The third-order valence-electron chi connectivity index (χ3n) is 8.26. The number of hydrogen-bond donors (Lipinski definition) is 2. The van der Waals surface area contributed by atoms with E-state index in [1.54, 1.807) is 11.1 Å². The average Bonchev–Trinajstić information content (AvgIpc) is 3.41. The number of ether oxygens (including phenoxy) is 1. The van der Waals surface area contributed by atoms with Crippen LogP contribution in [0.15, 0.2) is 42.7 Å². The van der Waals surface area contributed by atoms with Gasteiger partial charge in [-0.25, -0.2) is 13.4 Å². The summed E-state index contributed by atoms with van der Waals surface area (Å²) in [5, 5.41) is 13.7. The zero-order valence-corrected chi connectivity index (χ0v) is 24.8. The summed E-state index contributed by atoms with van der Waals surface area (Å²) >= 11 is 0. The molecule has 42 heavy (non-hydrogen) atoms. The van der Waals surface area contributed by atoms with Gasteiger partial charge in [-0.05, 0) is 75.1 Å². The van der Waals surface area contributed by atoms with Gasteiger partial charge in [0, 0.05) is 49.6 Å². The van der Waals surface area contributed by atoms with Crippen molar-refractivity contribution in [3.8, 4) is 11.6 Å². The molecule has 2 aromatic heterocycles. The number of benzene rings is 1. The molecule has 12 heteroatoms. The van der Waals surface area contributed by atoms with Crippen LogP contribution in [0.25, 0.3) is 16.7 Å². The summed E-state index contributed by atoms with van der Waals surface area (Å²) in [6.07, 6.45) is 10.9. The third-order valence-corrected chi connectivity index (χ3v) is 9.29. The molecule has 1 aromatic carbocycles. The van der Waals surface area contributed by atoms with Crippen molar-refractivity contribution in [1.82, 2.24) is 19.4 Å². The lowest BCUT2D eigenvalue weighted by Gasteiger charge is -2.33. The highest BCUT2D eigenvalue weighted by Gasteiger charge is 2.30. The highest BCUT2D eigenvalue weighted by Crippen LogP contribution is 2.31. The zero-order chi connectivity index (χ0) is 29.7. The average molecular weight is 598 g/mol. The molecule has 2 fully saturated rings. The van der Waals surface area contributed by atoms with E-state index in [4.69, 9.17) is 9.72 Å². The minimum absolute atomic E-state index is 0.0785. The molecule has 0 bridgehead atoms. The van der Waals surface area contributed by atoms with Crippen LogP contribution in [0.3, 0.4) is 0 Å². The van der Waals surface area contributed by atoms with Crippen molar-refractivity contribution in [3.63, 3.8) is 0 Å². The van der Waals surface area contributed by atoms with E-state index in [1.165, 1.54) is 6.26 Å². The summed E-state index contributed by atoms with van der Waals surface area (Å²) in [5.74, 6) is 1.19. The summed E-state index contributed by atoms with van der Waals surface area (Å²) in [7, 11) is -3.02. The van der Waals surface area contributed by atoms with Gasteiger partial charge in [-0.3, -0.25) is 9.59 Å². The van der Waals surface area contributed by atoms with Crippen LogP contribution in [0.1, 0.15) is 51.4 Å². The number of carbonyl (C=O) groups is 2. The number of sulfone groups is 1. The van der Waals surface area contributed by atoms with Gasteiger partial charge in [0.15, 0.2) is 0 Å². The van der Waals surface area contributed by atoms with Crippen LogP contribution >= 0.6 is 0 Å². The van der Waals surface area contributed by atoms with Crippen molar-refractivity contribution in [1.29, 1.82) is 0 Å². The van der Waals surface area contributed by atoms with Crippen molar-refractivity contribution in [2.75, 3.05) is 37.0 Å². The van der Waals surface area contributed by atoms with E-state index in [1.807, 2.05) is 41.1 Å². The Balaban J connectivity index is 1.15. The molecule has 1 aliphatic carbocycles. The quantitative estimate of drug-likeness (QED) is 0.314. The van der Waals surface area contributed by atoms with Gasteiger partial charge in [-0.2, -0.15) is 4.98 Å². The molecule has 11 nitrogen and oxygen atoms in total. The van der Waals surface area contributed by atoms with Crippen LogP contribution in [0.2, 0.25) is 0 Å². The lowest BCUT2D eigenvalue weighted by atomic mass is 9.83. The molecule has 2 aliphatic rings. The first kappa shape index (κ1) is 29.8. The molecule has 0 spiro atoms. The van der Waals surface area contributed by atoms with Crippen LogP contribution < -0.4 is 10.1 Å². The lowest BCUT2D eigenvalue weighted by Crippen LogP contribution is -2.43. The number of rotatable bonds is 11. The molecule has 3 aromatic rings. The molecule has 1 aliphatic heterocycles. The normalized spacial score (nSPS) is 21.3. The molecular formula is C30H39N5O6S. The first-order chi connectivity index (χ1) is 20.2. The number of amides is 1. The van der Waals surface area contributed by atoms with E-state index < -0.39 is 21.7 Å². The molecule has 2 N–H and O–H groups in total. The lowest BCUT2D eigenvalue weighted by molar-refractivity contribution is -0.146. The molecule has 1 unspecified atom stereocenters. The number of anilines is 1. The van der Waals surface area contributed by atoms with Gasteiger partial charge >= 0.3 is 5.97 Å². The minimum Gasteiger partial charge on any atom is -0.493 e. The van der Waals surface area contributed by atoms with Crippen molar-refractivity contribution in [2.24, 2.45) is 11.8 Å². The Labute approximate surface area is 246 Å². The van der Waals surface area contributed by atoms with Gasteiger partial charge in [0.05, 0.1) is 23.8 Å². The first-order valence-corrected chi connectivity index (χ1v) is 16.7. The standard InChI is InChI=1S/C30H39N5O6S/c1-42(39,40)18-4-17-41-26-7-2-6-25-24(26)13-16-35(25)27-12-14-31-30(33-27)32-23-10-8-21(9-11-23)19-28(36)34-15-3-5-22(20-34)29(37)38/h2,6-7,12-14,16,21-23H,3-5,8-11,15,17-20H2,1H3,(H,37,38)(H,31,32,33). The number of carboxylic acids is 1.